The van der Waals surface area contributed by atoms with E-state index in [2.05, 4.69) is 0 Å². The lowest BCUT2D eigenvalue weighted by atomic mass is 10.1. The molecule has 0 saturated heterocycles. The van der Waals surface area contributed by atoms with Crippen LogP contribution >= 0.6 is 0 Å². The number of allylic oxidation sites excluding steroid dienone is 1. The van der Waals surface area contributed by atoms with E-state index in [4.69, 9.17) is 14.2 Å². The number of carbonyl (C=O) groups excluding carboxylic acids is 1. The summed E-state index contributed by atoms with van der Waals surface area (Å²) in [4.78, 5) is 14.9. The second-order valence-corrected chi connectivity index (χ2v) is 7.63. The summed E-state index contributed by atoms with van der Waals surface area (Å²) >= 11 is 0. The average molecular weight is 415 g/mol. The number of ether oxygens (including phenoxy) is 3. The molecule has 31 heavy (non-hydrogen) atoms. The van der Waals surface area contributed by atoms with Crippen molar-refractivity contribution in [3.8, 4) is 17.2 Å². The van der Waals surface area contributed by atoms with Crippen molar-refractivity contribution in [1.82, 2.24) is 0 Å². The SMILES string of the molecule is COc1cccc(COc2ccc3c(c2C)O/C(=C\c2ccc(N(C)C)cc2)C3=O)c1. The number of benzene rings is 3. The first-order chi connectivity index (χ1) is 15.0. The van der Waals surface area contributed by atoms with Crippen LogP contribution in [0.4, 0.5) is 5.69 Å². The molecule has 0 aromatic heterocycles. The van der Waals surface area contributed by atoms with Crippen molar-refractivity contribution in [3.63, 3.8) is 0 Å². The van der Waals surface area contributed by atoms with Crippen LogP contribution in [-0.4, -0.2) is 27.0 Å². The quantitative estimate of drug-likeness (QED) is 0.514. The van der Waals surface area contributed by atoms with E-state index in [0.717, 1.165) is 28.1 Å². The summed E-state index contributed by atoms with van der Waals surface area (Å²) in [7, 11) is 5.62. The summed E-state index contributed by atoms with van der Waals surface area (Å²) < 4.78 is 17.2. The van der Waals surface area contributed by atoms with Gasteiger partial charge in [0.2, 0.25) is 5.78 Å². The van der Waals surface area contributed by atoms with Gasteiger partial charge in [0.1, 0.15) is 23.9 Å². The maximum atomic E-state index is 12.8. The third kappa shape index (κ3) is 4.26. The molecule has 1 aliphatic heterocycles. The summed E-state index contributed by atoms with van der Waals surface area (Å²) in [6.45, 7) is 2.30. The molecule has 0 bridgehead atoms. The molecular weight excluding hydrogens is 390 g/mol. The zero-order valence-corrected chi connectivity index (χ0v) is 18.1. The summed E-state index contributed by atoms with van der Waals surface area (Å²) in [5, 5.41) is 0. The second-order valence-electron chi connectivity index (χ2n) is 7.63. The molecule has 0 saturated carbocycles. The molecule has 0 N–H and O–H groups in total. The number of rotatable bonds is 6. The number of hydrogen-bond acceptors (Lipinski definition) is 5. The monoisotopic (exact) mass is 415 g/mol. The van der Waals surface area contributed by atoms with E-state index in [-0.39, 0.29) is 5.78 Å². The van der Waals surface area contributed by atoms with Crippen molar-refractivity contribution in [1.29, 1.82) is 0 Å². The number of ketones is 1. The Hall–Kier alpha value is -3.73. The van der Waals surface area contributed by atoms with Crippen LogP contribution < -0.4 is 19.1 Å². The number of nitrogens with zero attached hydrogens (tertiary/aromatic N) is 1. The highest BCUT2D eigenvalue weighted by molar-refractivity contribution is 6.15. The van der Waals surface area contributed by atoms with Crippen molar-refractivity contribution in [2.45, 2.75) is 13.5 Å². The van der Waals surface area contributed by atoms with Gasteiger partial charge >= 0.3 is 0 Å². The minimum absolute atomic E-state index is 0.117. The van der Waals surface area contributed by atoms with Gasteiger partial charge in [0.15, 0.2) is 5.76 Å². The maximum Gasteiger partial charge on any atom is 0.231 e. The Morgan fingerprint density at radius 2 is 1.81 bits per heavy atom. The number of anilines is 1. The molecular formula is C26H25NO4. The van der Waals surface area contributed by atoms with Gasteiger partial charge in [-0.05, 0) is 60.5 Å². The molecule has 0 fully saturated rings. The Balaban J connectivity index is 1.53. The van der Waals surface area contributed by atoms with Crippen molar-refractivity contribution in [2.75, 3.05) is 26.1 Å². The Kier molecular flexibility index (Phi) is 5.67. The van der Waals surface area contributed by atoms with Crippen molar-refractivity contribution < 1.29 is 19.0 Å². The predicted molar refractivity (Wildman–Crippen MR) is 122 cm³/mol. The number of Topliss-reactive ketones (excluding diaryl/α,β-unsaturated/α-hetero) is 1. The van der Waals surface area contributed by atoms with Crippen molar-refractivity contribution in [3.05, 3.63) is 88.7 Å². The first-order valence-corrected chi connectivity index (χ1v) is 10.1. The molecule has 1 heterocycles. The molecule has 4 rings (SSSR count). The Bertz CT molecular complexity index is 1150. The van der Waals surface area contributed by atoms with Crippen LogP contribution in [0, 0.1) is 6.92 Å². The van der Waals surface area contributed by atoms with E-state index in [9.17, 15) is 4.79 Å². The van der Waals surface area contributed by atoms with Gasteiger partial charge in [-0.2, -0.15) is 0 Å². The topological polar surface area (TPSA) is 48.0 Å². The highest BCUT2D eigenvalue weighted by Crippen LogP contribution is 2.39. The number of carbonyl (C=O) groups is 1. The van der Waals surface area contributed by atoms with E-state index >= 15 is 0 Å². The lowest BCUT2D eigenvalue weighted by Gasteiger charge is -2.12. The van der Waals surface area contributed by atoms with E-state index in [1.54, 1.807) is 19.3 Å². The summed E-state index contributed by atoms with van der Waals surface area (Å²) in [6.07, 6.45) is 1.78. The molecule has 0 radical (unpaired) electrons. The largest absolute Gasteiger partial charge is 0.497 e. The summed E-state index contributed by atoms with van der Waals surface area (Å²) in [5.74, 6) is 2.24. The van der Waals surface area contributed by atoms with Gasteiger partial charge < -0.3 is 19.1 Å². The number of fused-ring (bicyclic) bond motifs is 1. The molecule has 158 valence electrons. The fourth-order valence-electron chi connectivity index (χ4n) is 3.47. The van der Waals surface area contributed by atoms with Crippen molar-refractivity contribution in [2.24, 2.45) is 0 Å². The van der Waals surface area contributed by atoms with Gasteiger partial charge in [-0.15, -0.1) is 0 Å². The van der Waals surface area contributed by atoms with Gasteiger partial charge in [-0.3, -0.25) is 4.79 Å². The third-order valence-electron chi connectivity index (χ3n) is 5.27. The van der Waals surface area contributed by atoms with Crippen LogP contribution in [0.25, 0.3) is 6.08 Å². The van der Waals surface area contributed by atoms with Gasteiger partial charge in [0.05, 0.1) is 12.7 Å². The van der Waals surface area contributed by atoms with E-state index in [1.165, 1.54) is 0 Å². The fourth-order valence-corrected chi connectivity index (χ4v) is 3.47. The normalized spacial score (nSPS) is 13.7. The van der Waals surface area contributed by atoms with Crippen molar-refractivity contribution >= 4 is 17.5 Å². The van der Waals surface area contributed by atoms with Crippen LogP contribution in [0.1, 0.15) is 27.0 Å². The molecule has 5 nitrogen and oxygen atoms in total. The lowest BCUT2D eigenvalue weighted by Crippen LogP contribution is -2.08. The highest BCUT2D eigenvalue weighted by Gasteiger charge is 2.30. The predicted octanol–water partition coefficient (Wildman–Crippen LogP) is 5.26. The minimum Gasteiger partial charge on any atom is -0.497 e. The highest BCUT2D eigenvalue weighted by atomic mass is 16.5. The Labute approximate surface area is 182 Å². The van der Waals surface area contributed by atoms with Crippen LogP contribution in [-0.2, 0) is 6.61 Å². The zero-order chi connectivity index (χ0) is 22.0. The van der Waals surface area contributed by atoms with Gasteiger partial charge in [-0.1, -0.05) is 24.3 Å². The average Bonchev–Trinajstić information content (AvgIpc) is 3.10. The lowest BCUT2D eigenvalue weighted by molar-refractivity contribution is 0.101. The molecule has 0 unspecified atom stereocenters. The van der Waals surface area contributed by atoms with Gasteiger partial charge in [0, 0.05) is 25.3 Å². The number of hydrogen-bond donors (Lipinski definition) is 0. The third-order valence-corrected chi connectivity index (χ3v) is 5.27. The Morgan fingerprint density at radius 3 is 2.52 bits per heavy atom. The standard InChI is InChI=1S/C26H25NO4/c1-17-23(30-16-19-6-5-7-21(14-19)29-4)13-12-22-25(28)24(31-26(17)22)15-18-8-10-20(11-9-18)27(2)3/h5-15H,16H2,1-4H3/b24-15-. The molecule has 0 spiro atoms. The maximum absolute atomic E-state index is 12.8. The zero-order valence-electron chi connectivity index (χ0n) is 18.1. The minimum atomic E-state index is -0.117. The first-order valence-electron chi connectivity index (χ1n) is 10.1. The molecule has 0 aliphatic carbocycles. The number of methoxy groups -OCH3 is 1. The smallest absolute Gasteiger partial charge is 0.231 e. The first kappa shape index (κ1) is 20.5. The molecule has 0 atom stereocenters. The summed E-state index contributed by atoms with van der Waals surface area (Å²) in [5.41, 5.74) is 4.37. The van der Waals surface area contributed by atoms with Crippen LogP contribution in [0.15, 0.2) is 66.4 Å². The molecule has 1 aliphatic rings. The molecule has 0 amide bonds. The second kappa shape index (κ2) is 8.56. The van der Waals surface area contributed by atoms with Gasteiger partial charge in [-0.25, -0.2) is 0 Å². The molecule has 5 heteroatoms. The fraction of sp³-hybridized carbons (Fsp3) is 0.192. The molecule has 3 aromatic rings. The van der Waals surface area contributed by atoms with E-state index in [0.29, 0.717) is 29.4 Å². The van der Waals surface area contributed by atoms with Crippen LogP contribution in [0.5, 0.6) is 17.2 Å². The Morgan fingerprint density at radius 1 is 1.03 bits per heavy atom. The van der Waals surface area contributed by atoms with Gasteiger partial charge in [0.25, 0.3) is 0 Å². The van der Waals surface area contributed by atoms with E-state index in [1.807, 2.05) is 80.5 Å². The molecule has 3 aromatic carbocycles. The van der Waals surface area contributed by atoms with Crippen LogP contribution in [0.2, 0.25) is 0 Å². The van der Waals surface area contributed by atoms with Crippen LogP contribution in [0.3, 0.4) is 0 Å². The summed E-state index contributed by atoms with van der Waals surface area (Å²) in [6, 6.07) is 19.3. The van der Waals surface area contributed by atoms with E-state index < -0.39 is 0 Å².